The van der Waals surface area contributed by atoms with Crippen LogP contribution in [0.1, 0.15) is 30.6 Å². The molecule has 0 aliphatic carbocycles. The van der Waals surface area contributed by atoms with Crippen molar-refractivity contribution >= 4 is 22.6 Å². The number of methoxy groups -OCH3 is 1. The number of hydrogen-bond donors (Lipinski definition) is 1. The van der Waals surface area contributed by atoms with Crippen molar-refractivity contribution in [1.82, 2.24) is 9.88 Å². The van der Waals surface area contributed by atoms with E-state index >= 15 is 0 Å². The normalized spacial score (nSPS) is 12.2. The summed E-state index contributed by atoms with van der Waals surface area (Å²) in [4.78, 5) is 36.8. The van der Waals surface area contributed by atoms with E-state index in [0.717, 1.165) is 0 Å². The first-order chi connectivity index (χ1) is 11.3. The minimum atomic E-state index is -0.724. The monoisotopic (exact) mass is 330 g/mol. The Morgan fingerprint density at radius 1 is 1.21 bits per heavy atom. The molecule has 0 saturated heterocycles. The molecule has 1 aromatic carbocycles. The number of ether oxygens (including phenoxy) is 1. The van der Waals surface area contributed by atoms with Crippen LogP contribution in [0.4, 0.5) is 0 Å². The number of aryl methyl sites for hydroxylation is 1. The van der Waals surface area contributed by atoms with Gasteiger partial charge in [0, 0.05) is 24.0 Å². The van der Waals surface area contributed by atoms with E-state index < -0.39 is 17.9 Å². The molecule has 1 aromatic heterocycles. The SMILES string of the molecule is COC(=O)[C@H](CC(C)C)NC(=O)c1cn(C)c(=O)c2ccccc12. The Balaban J connectivity index is 2.42. The van der Waals surface area contributed by atoms with E-state index in [2.05, 4.69) is 5.32 Å². The topological polar surface area (TPSA) is 77.4 Å². The fourth-order valence-corrected chi connectivity index (χ4v) is 2.66. The van der Waals surface area contributed by atoms with E-state index in [1.54, 1.807) is 31.3 Å². The van der Waals surface area contributed by atoms with Gasteiger partial charge in [0.2, 0.25) is 0 Å². The molecular formula is C18H22N2O4. The van der Waals surface area contributed by atoms with Crippen molar-refractivity contribution in [2.75, 3.05) is 7.11 Å². The zero-order valence-electron chi connectivity index (χ0n) is 14.3. The van der Waals surface area contributed by atoms with Crippen LogP contribution in [0.25, 0.3) is 10.8 Å². The van der Waals surface area contributed by atoms with Gasteiger partial charge < -0.3 is 14.6 Å². The van der Waals surface area contributed by atoms with Gasteiger partial charge in [-0.2, -0.15) is 0 Å². The highest BCUT2D eigenvalue weighted by Gasteiger charge is 2.24. The van der Waals surface area contributed by atoms with Gasteiger partial charge >= 0.3 is 5.97 Å². The van der Waals surface area contributed by atoms with E-state index in [1.807, 2.05) is 13.8 Å². The quantitative estimate of drug-likeness (QED) is 0.849. The molecule has 2 rings (SSSR count). The van der Waals surface area contributed by atoms with Crippen LogP contribution in [0.3, 0.4) is 0 Å². The zero-order valence-corrected chi connectivity index (χ0v) is 14.3. The molecule has 1 heterocycles. The van der Waals surface area contributed by atoms with Gasteiger partial charge in [-0.3, -0.25) is 9.59 Å². The lowest BCUT2D eigenvalue weighted by atomic mass is 10.0. The first-order valence-corrected chi connectivity index (χ1v) is 7.82. The van der Waals surface area contributed by atoms with Gasteiger partial charge in [0.25, 0.3) is 11.5 Å². The fraction of sp³-hybridized carbons (Fsp3) is 0.389. The van der Waals surface area contributed by atoms with Crippen molar-refractivity contribution in [2.45, 2.75) is 26.3 Å². The highest BCUT2D eigenvalue weighted by molar-refractivity contribution is 6.07. The van der Waals surface area contributed by atoms with Gasteiger partial charge in [0.15, 0.2) is 0 Å². The zero-order chi connectivity index (χ0) is 17.9. The van der Waals surface area contributed by atoms with Gasteiger partial charge in [-0.25, -0.2) is 4.79 Å². The molecule has 0 radical (unpaired) electrons. The molecule has 0 aliphatic heterocycles. The van der Waals surface area contributed by atoms with E-state index in [1.165, 1.54) is 17.9 Å². The number of pyridine rings is 1. The number of carbonyl (C=O) groups is 2. The predicted octanol–water partition coefficient (Wildman–Crippen LogP) is 1.86. The summed E-state index contributed by atoms with van der Waals surface area (Å²) in [6, 6.07) is 6.20. The number of fused-ring (bicyclic) bond motifs is 1. The van der Waals surface area contributed by atoms with E-state index in [-0.39, 0.29) is 11.5 Å². The van der Waals surface area contributed by atoms with Crippen LogP contribution >= 0.6 is 0 Å². The van der Waals surface area contributed by atoms with E-state index in [4.69, 9.17) is 4.74 Å². The second-order valence-corrected chi connectivity index (χ2v) is 6.18. The third kappa shape index (κ3) is 3.64. The summed E-state index contributed by atoms with van der Waals surface area (Å²) in [5.74, 6) is -0.671. The van der Waals surface area contributed by atoms with Gasteiger partial charge in [-0.05, 0) is 18.4 Å². The second kappa shape index (κ2) is 7.29. The molecule has 0 unspecified atom stereocenters. The second-order valence-electron chi connectivity index (χ2n) is 6.18. The van der Waals surface area contributed by atoms with Crippen molar-refractivity contribution in [3.63, 3.8) is 0 Å². The maximum atomic E-state index is 12.7. The Hall–Kier alpha value is -2.63. The van der Waals surface area contributed by atoms with Crippen LogP contribution in [0.5, 0.6) is 0 Å². The standard InChI is InChI=1S/C18H22N2O4/c1-11(2)9-15(18(23)24-4)19-16(21)14-10-20(3)17(22)13-8-6-5-7-12(13)14/h5-8,10-11,15H,9H2,1-4H3,(H,19,21)/t15-/m0/s1. The minimum absolute atomic E-state index is 0.172. The van der Waals surface area contributed by atoms with E-state index in [9.17, 15) is 14.4 Å². The summed E-state index contributed by atoms with van der Waals surface area (Å²) < 4.78 is 6.14. The Morgan fingerprint density at radius 2 is 1.83 bits per heavy atom. The Kier molecular flexibility index (Phi) is 5.39. The third-order valence-electron chi connectivity index (χ3n) is 3.83. The molecule has 6 nitrogen and oxygen atoms in total. The summed E-state index contributed by atoms with van der Waals surface area (Å²) in [5, 5.41) is 3.75. The highest BCUT2D eigenvalue weighted by atomic mass is 16.5. The molecule has 2 aromatic rings. The van der Waals surface area contributed by atoms with Crippen LogP contribution in [-0.4, -0.2) is 29.6 Å². The predicted molar refractivity (Wildman–Crippen MR) is 91.9 cm³/mol. The molecule has 0 bridgehead atoms. The molecule has 6 heteroatoms. The van der Waals surface area contributed by atoms with Crippen LogP contribution in [0.15, 0.2) is 35.3 Å². The average Bonchev–Trinajstić information content (AvgIpc) is 2.56. The Labute approximate surface area is 140 Å². The maximum absolute atomic E-state index is 12.7. The number of carbonyl (C=O) groups excluding carboxylic acids is 2. The molecular weight excluding hydrogens is 308 g/mol. The summed E-state index contributed by atoms with van der Waals surface area (Å²) in [5.41, 5.74) is 0.180. The molecule has 1 N–H and O–H groups in total. The first-order valence-electron chi connectivity index (χ1n) is 7.82. The van der Waals surface area contributed by atoms with Gasteiger partial charge in [0.05, 0.1) is 12.7 Å². The lowest BCUT2D eigenvalue weighted by Gasteiger charge is -2.19. The summed E-state index contributed by atoms with van der Waals surface area (Å²) in [6.07, 6.45) is 1.96. The third-order valence-corrected chi connectivity index (χ3v) is 3.83. The van der Waals surface area contributed by atoms with Gasteiger partial charge in [-0.15, -0.1) is 0 Å². The number of nitrogens with one attached hydrogen (secondary N) is 1. The van der Waals surface area contributed by atoms with Crippen molar-refractivity contribution in [3.8, 4) is 0 Å². The molecule has 0 fully saturated rings. The lowest BCUT2D eigenvalue weighted by molar-refractivity contribution is -0.143. The Bertz CT molecular complexity index is 823. The van der Waals surface area contributed by atoms with Crippen LogP contribution in [-0.2, 0) is 16.6 Å². The number of aromatic nitrogens is 1. The summed E-state index contributed by atoms with van der Waals surface area (Å²) >= 11 is 0. The van der Waals surface area contributed by atoms with Crippen molar-refractivity contribution in [2.24, 2.45) is 13.0 Å². The number of hydrogen-bond acceptors (Lipinski definition) is 4. The molecule has 1 atom stereocenters. The van der Waals surface area contributed by atoms with Gasteiger partial charge in [0.1, 0.15) is 6.04 Å². The first kappa shape index (κ1) is 17.7. The molecule has 0 spiro atoms. The number of esters is 1. The van der Waals surface area contributed by atoms with Gasteiger partial charge in [-0.1, -0.05) is 32.0 Å². The lowest BCUT2D eigenvalue weighted by Crippen LogP contribution is -2.42. The number of benzene rings is 1. The smallest absolute Gasteiger partial charge is 0.328 e. The van der Waals surface area contributed by atoms with Crippen LogP contribution < -0.4 is 10.9 Å². The number of rotatable bonds is 5. The van der Waals surface area contributed by atoms with Crippen molar-refractivity contribution in [1.29, 1.82) is 0 Å². The van der Waals surface area contributed by atoms with Crippen molar-refractivity contribution < 1.29 is 14.3 Å². The minimum Gasteiger partial charge on any atom is -0.467 e. The van der Waals surface area contributed by atoms with Crippen LogP contribution in [0, 0.1) is 5.92 Å². The highest BCUT2D eigenvalue weighted by Crippen LogP contribution is 2.16. The molecule has 0 aliphatic rings. The molecule has 24 heavy (non-hydrogen) atoms. The molecule has 0 saturated carbocycles. The average molecular weight is 330 g/mol. The fourth-order valence-electron chi connectivity index (χ4n) is 2.66. The maximum Gasteiger partial charge on any atom is 0.328 e. The molecule has 1 amide bonds. The number of amides is 1. The summed E-state index contributed by atoms with van der Waals surface area (Å²) in [7, 11) is 2.89. The van der Waals surface area contributed by atoms with E-state index in [0.29, 0.717) is 22.8 Å². The number of nitrogens with zero attached hydrogens (tertiary/aromatic N) is 1. The largest absolute Gasteiger partial charge is 0.467 e. The Morgan fingerprint density at radius 3 is 2.42 bits per heavy atom. The van der Waals surface area contributed by atoms with Crippen molar-refractivity contribution in [3.05, 3.63) is 46.4 Å². The molecule has 128 valence electrons. The van der Waals surface area contributed by atoms with Crippen LogP contribution in [0.2, 0.25) is 0 Å². The summed E-state index contributed by atoms with van der Waals surface area (Å²) in [6.45, 7) is 3.92.